The van der Waals surface area contributed by atoms with Gasteiger partial charge < -0.3 is 9.80 Å². The summed E-state index contributed by atoms with van der Waals surface area (Å²) >= 11 is 0. The highest BCUT2D eigenvalue weighted by Crippen LogP contribution is 2.32. The summed E-state index contributed by atoms with van der Waals surface area (Å²) in [6, 6.07) is 8.59. The van der Waals surface area contributed by atoms with Crippen molar-refractivity contribution >= 4 is 17.3 Å². The largest absolute Gasteiger partial charge is 0.368 e. The van der Waals surface area contributed by atoms with Gasteiger partial charge in [0.25, 0.3) is 0 Å². The van der Waals surface area contributed by atoms with Gasteiger partial charge in [0, 0.05) is 31.9 Å². The minimum absolute atomic E-state index is 0.108. The van der Waals surface area contributed by atoms with Crippen LogP contribution in [0.4, 0.5) is 5.69 Å². The number of anilines is 1. The molecule has 2 aliphatic rings. The lowest BCUT2D eigenvalue weighted by Crippen LogP contribution is -2.49. The summed E-state index contributed by atoms with van der Waals surface area (Å²) in [6.07, 6.45) is 0.339. The maximum atomic E-state index is 12.4. The summed E-state index contributed by atoms with van der Waals surface area (Å²) in [7, 11) is 0. The predicted octanol–water partition coefficient (Wildman–Crippen LogP) is 2.84. The van der Waals surface area contributed by atoms with Crippen LogP contribution in [0, 0.1) is 0 Å². The molecule has 1 fully saturated rings. The lowest BCUT2D eigenvalue weighted by Gasteiger charge is -2.38. The molecule has 0 radical (unpaired) electrons. The van der Waals surface area contributed by atoms with Crippen molar-refractivity contribution in [2.75, 3.05) is 37.6 Å². The lowest BCUT2D eigenvalue weighted by atomic mass is 9.85. The van der Waals surface area contributed by atoms with E-state index in [4.69, 9.17) is 0 Å². The zero-order valence-corrected chi connectivity index (χ0v) is 14.7. The fourth-order valence-electron chi connectivity index (χ4n) is 3.20. The predicted molar refractivity (Wildman–Crippen MR) is 95.7 cm³/mol. The van der Waals surface area contributed by atoms with Gasteiger partial charge in [-0.3, -0.25) is 4.79 Å². The smallest absolute Gasteiger partial charge is 0.228 e. The first-order chi connectivity index (χ1) is 11.4. The van der Waals surface area contributed by atoms with Gasteiger partial charge in [0.2, 0.25) is 5.91 Å². The zero-order chi connectivity index (χ0) is 17.2. The molecule has 1 amide bonds. The fraction of sp³-hybridized carbons (Fsp3) is 0.556. The summed E-state index contributed by atoms with van der Waals surface area (Å²) in [6.45, 7) is 10.4. The Morgan fingerprint density at radius 1 is 1.12 bits per heavy atom. The number of para-hydroxylation sites is 1. The van der Waals surface area contributed by atoms with Crippen molar-refractivity contribution < 1.29 is 4.79 Å². The number of hydrogen-bond donors (Lipinski definition) is 0. The molecule has 0 atom stereocenters. The van der Waals surface area contributed by atoms with Gasteiger partial charge in [-0.05, 0) is 22.3 Å². The van der Waals surface area contributed by atoms with Gasteiger partial charge in [0.1, 0.15) is 6.54 Å². The van der Waals surface area contributed by atoms with Gasteiger partial charge in [-0.2, -0.15) is 5.11 Å². The van der Waals surface area contributed by atoms with Crippen LogP contribution in [0.5, 0.6) is 0 Å². The summed E-state index contributed by atoms with van der Waals surface area (Å²) < 4.78 is 0. The van der Waals surface area contributed by atoms with E-state index in [1.165, 1.54) is 11.3 Å². The fourth-order valence-corrected chi connectivity index (χ4v) is 3.20. The molecule has 0 bridgehead atoms. The van der Waals surface area contributed by atoms with Crippen molar-refractivity contribution in [3.05, 3.63) is 29.8 Å². The molecule has 1 saturated heterocycles. The van der Waals surface area contributed by atoms with E-state index >= 15 is 0 Å². The number of piperazine rings is 1. The van der Waals surface area contributed by atoms with E-state index < -0.39 is 0 Å². The number of benzene rings is 1. The minimum Gasteiger partial charge on any atom is -0.368 e. The molecule has 1 aromatic carbocycles. The van der Waals surface area contributed by atoms with Crippen molar-refractivity contribution in [1.29, 1.82) is 0 Å². The Morgan fingerprint density at radius 3 is 2.46 bits per heavy atom. The normalized spacial score (nSPS) is 18.0. The monoisotopic (exact) mass is 327 g/mol. The second-order valence-corrected chi connectivity index (χ2v) is 7.37. The number of carbonyl (C=O) groups is 1. The topological polar surface area (TPSA) is 60.6 Å². The Bertz CT molecular complexity index is 666. The molecule has 24 heavy (non-hydrogen) atoms. The Balaban J connectivity index is 1.62. The standard InChI is InChI=1S/C18H25N5O/c1-18(2,3)15-6-4-5-7-16(15)22-8-10-23(11-9-22)17(24)12-14-13-19-21-20-14/h4-7H,8-13H2,1-3H3. The van der Waals surface area contributed by atoms with Crippen molar-refractivity contribution in [2.45, 2.75) is 32.6 Å². The molecule has 128 valence electrons. The SMILES string of the molecule is CC(C)(C)c1ccccc1N1CCN(C(=O)CC2=NN=NC2)CC1. The highest BCUT2D eigenvalue weighted by atomic mass is 16.2. The Morgan fingerprint density at radius 2 is 1.83 bits per heavy atom. The molecule has 3 rings (SSSR count). The summed E-state index contributed by atoms with van der Waals surface area (Å²) in [4.78, 5) is 16.7. The van der Waals surface area contributed by atoms with E-state index in [9.17, 15) is 4.79 Å². The number of nitrogens with zero attached hydrogens (tertiary/aromatic N) is 5. The van der Waals surface area contributed by atoms with Crippen LogP contribution in [0.2, 0.25) is 0 Å². The second kappa shape index (κ2) is 6.71. The van der Waals surface area contributed by atoms with Crippen molar-refractivity contribution in [2.24, 2.45) is 15.4 Å². The van der Waals surface area contributed by atoms with Gasteiger partial charge in [-0.15, -0.1) is 5.10 Å². The van der Waals surface area contributed by atoms with Crippen LogP contribution in [0.15, 0.2) is 39.7 Å². The quantitative estimate of drug-likeness (QED) is 0.857. The van der Waals surface area contributed by atoms with E-state index in [1.54, 1.807) is 0 Å². The third-order valence-corrected chi connectivity index (χ3v) is 4.54. The van der Waals surface area contributed by atoms with Gasteiger partial charge in [-0.25, -0.2) is 0 Å². The van der Waals surface area contributed by atoms with Crippen LogP contribution in [-0.2, 0) is 10.2 Å². The summed E-state index contributed by atoms with van der Waals surface area (Å²) in [5, 5.41) is 11.3. The number of carbonyl (C=O) groups excluding carboxylic acids is 1. The Kier molecular flexibility index (Phi) is 4.64. The number of rotatable bonds is 3. The van der Waals surface area contributed by atoms with Crippen LogP contribution >= 0.6 is 0 Å². The highest BCUT2D eigenvalue weighted by Gasteiger charge is 2.26. The van der Waals surface area contributed by atoms with Gasteiger partial charge >= 0.3 is 0 Å². The first kappa shape index (κ1) is 16.6. The van der Waals surface area contributed by atoms with E-state index in [0.717, 1.165) is 31.9 Å². The zero-order valence-electron chi connectivity index (χ0n) is 14.7. The van der Waals surface area contributed by atoms with Crippen molar-refractivity contribution in [3.8, 4) is 0 Å². The van der Waals surface area contributed by atoms with Crippen LogP contribution < -0.4 is 4.90 Å². The van der Waals surface area contributed by atoms with E-state index in [1.807, 2.05) is 4.90 Å². The van der Waals surface area contributed by atoms with Crippen LogP contribution in [-0.4, -0.2) is 49.2 Å². The molecule has 0 aliphatic carbocycles. The second-order valence-electron chi connectivity index (χ2n) is 7.37. The molecular formula is C18H25N5O. The first-order valence-corrected chi connectivity index (χ1v) is 8.49. The first-order valence-electron chi connectivity index (χ1n) is 8.49. The molecular weight excluding hydrogens is 302 g/mol. The highest BCUT2D eigenvalue weighted by molar-refractivity contribution is 6.02. The molecule has 2 heterocycles. The maximum Gasteiger partial charge on any atom is 0.228 e. The summed E-state index contributed by atoms with van der Waals surface area (Å²) in [5.74, 6) is 0.129. The third kappa shape index (κ3) is 3.63. The Hall–Kier alpha value is -2.24. The van der Waals surface area contributed by atoms with Gasteiger partial charge in [0.15, 0.2) is 0 Å². The van der Waals surface area contributed by atoms with Gasteiger partial charge in [0.05, 0.1) is 12.1 Å². The van der Waals surface area contributed by atoms with Crippen LogP contribution in [0.1, 0.15) is 32.8 Å². The average molecular weight is 327 g/mol. The van der Waals surface area contributed by atoms with E-state index in [2.05, 4.69) is 65.4 Å². The molecule has 0 saturated carbocycles. The summed E-state index contributed by atoms with van der Waals surface area (Å²) in [5.41, 5.74) is 3.51. The minimum atomic E-state index is 0.108. The van der Waals surface area contributed by atoms with Gasteiger partial charge in [-0.1, -0.05) is 39.0 Å². The molecule has 2 aliphatic heterocycles. The molecule has 0 unspecified atom stereocenters. The molecule has 1 aromatic rings. The molecule has 6 nitrogen and oxygen atoms in total. The maximum absolute atomic E-state index is 12.4. The Labute approximate surface area is 143 Å². The molecule has 0 N–H and O–H groups in total. The van der Waals surface area contributed by atoms with Crippen LogP contribution in [0.25, 0.3) is 0 Å². The van der Waals surface area contributed by atoms with Crippen molar-refractivity contribution in [1.82, 2.24) is 4.90 Å². The van der Waals surface area contributed by atoms with Crippen molar-refractivity contribution in [3.63, 3.8) is 0 Å². The average Bonchev–Trinajstić information content (AvgIpc) is 3.07. The molecule has 0 aromatic heterocycles. The lowest BCUT2D eigenvalue weighted by molar-refractivity contribution is -0.130. The molecule has 6 heteroatoms. The van der Waals surface area contributed by atoms with Crippen LogP contribution in [0.3, 0.4) is 0 Å². The number of amides is 1. The van der Waals surface area contributed by atoms with E-state index in [0.29, 0.717) is 13.0 Å². The third-order valence-electron chi connectivity index (χ3n) is 4.54. The number of hydrogen-bond acceptors (Lipinski definition) is 5. The molecule has 0 spiro atoms. The van der Waals surface area contributed by atoms with E-state index in [-0.39, 0.29) is 11.3 Å².